The summed E-state index contributed by atoms with van der Waals surface area (Å²) in [4.78, 5) is 20.3. The van der Waals surface area contributed by atoms with E-state index in [4.69, 9.17) is 9.47 Å². The van der Waals surface area contributed by atoms with E-state index in [1.54, 1.807) is 30.3 Å². The number of fused-ring (bicyclic) bond motifs is 1. The normalized spacial score (nSPS) is 10.6. The van der Waals surface area contributed by atoms with Gasteiger partial charge in [0.25, 0.3) is 0 Å². The molecule has 4 rings (SSSR count). The van der Waals surface area contributed by atoms with Gasteiger partial charge in [0.2, 0.25) is 0 Å². The van der Waals surface area contributed by atoms with Gasteiger partial charge in [0.1, 0.15) is 23.0 Å². The Kier molecular flexibility index (Phi) is 5.17. The van der Waals surface area contributed by atoms with Crippen molar-refractivity contribution in [3.8, 4) is 34.5 Å². The quantitative estimate of drug-likeness (QED) is 0.292. The summed E-state index contributed by atoms with van der Waals surface area (Å²) in [5, 5.41) is 42.7. The van der Waals surface area contributed by atoms with E-state index in [0.29, 0.717) is 16.9 Å². The van der Waals surface area contributed by atoms with E-state index in [1.807, 2.05) is 6.07 Å². The molecule has 10 heteroatoms. The molecule has 0 amide bonds. The third-order valence-electron chi connectivity index (χ3n) is 4.56. The van der Waals surface area contributed by atoms with E-state index in [1.165, 1.54) is 12.1 Å². The van der Waals surface area contributed by atoms with Crippen molar-refractivity contribution in [1.29, 1.82) is 0 Å². The summed E-state index contributed by atoms with van der Waals surface area (Å²) in [7, 11) is 0. The van der Waals surface area contributed by atoms with Crippen LogP contribution in [0.25, 0.3) is 10.8 Å². The fourth-order valence-electron chi connectivity index (χ4n) is 3.09. The van der Waals surface area contributed by atoms with Crippen LogP contribution < -0.4 is 9.47 Å². The Labute approximate surface area is 179 Å². The Morgan fingerprint density at radius 2 is 1.19 bits per heavy atom. The highest BCUT2D eigenvalue weighted by atomic mass is 16.6. The van der Waals surface area contributed by atoms with Gasteiger partial charge in [0.15, 0.2) is 11.5 Å². The standard InChI is InChI=1S/C22H14N2O8/c25-20-11-15(5-8-18(20)23(27)28)31-14-4-7-17-13(10-14)2-1-3-22(17)32-16-6-9-19(24(29)30)21(26)12-16/h1-12,25-26H. The van der Waals surface area contributed by atoms with Crippen LogP contribution in [0, 0.1) is 20.2 Å². The van der Waals surface area contributed by atoms with Gasteiger partial charge < -0.3 is 19.7 Å². The van der Waals surface area contributed by atoms with Gasteiger partial charge in [-0.3, -0.25) is 20.2 Å². The number of hydrogen-bond donors (Lipinski definition) is 2. The molecule has 0 aliphatic heterocycles. The average molecular weight is 434 g/mol. The molecule has 0 saturated heterocycles. The molecule has 0 atom stereocenters. The Morgan fingerprint density at radius 3 is 1.75 bits per heavy atom. The van der Waals surface area contributed by atoms with Crippen molar-refractivity contribution in [2.45, 2.75) is 0 Å². The zero-order chi connectivity index (χ0) is 22.8. The highest BCUT2D eigenvalue weighted by molar-refractivity contribution is 5.89. The minimum atomic E-state index is -0.693. The molecule has 0 aliphatic carbocycles. The minimum absolute atomic E-state index is 0.223. The highest BCUT2D eigenvalue weighted by Crippen LogP contribution is 2.37. The van der Waals surface area contributed by atoms with Crippen LogP contribution in [0.2, 0.25) is 0 Å². The molecule has 0 aliphatic rings. The van der Waals surface area contributed by atoms with Gasteiger partial charge in [-0.15, -0.1) is 0 Å². The SMILES string of the molecule is O=[N+]([O-])c1ccc(Oc2ccc3c(Oc4ccc([N+](=O)[O-])c(O)c4)cccc3c2)cc1O. The maximum atomic E-state index is 10.8. The number of ether oxygens (including phenoxy) is 2. The van der Waals surface area contributed by atoms with E-state index in [2.05, 4.69) is 0 Å². The van der Waals surface area contributed by atoms with Crippen molar-refractivity contribution in [3.05, 3.63) is 93.0 Å². The molecule has 0 spiro atoms. The smallest absolute Gasteiger partial charge is 0.310 e. The lowest BCUT2D eigenvalue weighted by Gasteiger charge is -2.11. The number of phenolic OH excluding ortho intramolecular Hbond substituents is 2. The number of nitro benzene ring substituents is 2. The molecule has 2 N–H and O–H groups in total. The molecule has 160 valence electrons. The molecule has 0 saturated carbocycles. The molecular weight excluding hydrogens is 420 g/mol. The van der Waals surface area contributed by atoms with Gasteiger partial charge >= 0.3 is 11.4 Å². The van der Waals surface area contributed by atoms with Crippen molar-refractivity contribution >= 4 is 22.1 Å². The molecule has 0 bridgehead atoms. The van der Waals surface area contributed by atoms with Gasteiger partial charge in [0, 0.05) is 29.7 Å². The van der Waals surface area contributed by atoms with Crippen molar-refractivity contribution in [2.24, 2.45) is 0 Å². The zero-order valence-corrected chi connectivity index (χ0v) is 16.2. The van der Waals surface area contributed by atoms with Gasteiger partial charge in [-0.25, -0.2) is 0 Å². The van der Waals surface area contributed by atoms with Crippen LogP contribution in [-0.4, -0.2) is 20.1 Å². The second-order valence-corrected chi connectivity index (χ2v) is 6.66. The zero-order valence-electron chi connectivity index (χ0n) is 16.2. The van der Waals surface area contributed by atoms with Crippen LogP contribution in [-0.2, 0) is 0 Å². The molecule has 0 heterocycles. The van der Waals surface area contributed by atoms with Gasteiger partial charge in [0.05, 0.1) is 9.85 Å². The van der Waals surface area contributed by atoms with Crippen molar-refractivity contribution in [2.75, 3.05) is 0 Å². The number of benzene rings is 4. The molecule has 0 fully saturated rings. The number of hydrogen-bond acceptors (Lipinski definition) is 8. The molecule has 4 aromatic rings. The third-order valence-corrected chi connectivity index (χ3v) is 4.56. The summed E-state index contributed by atoms with van der Waals surface area (Å²) in [5.41, 5.74) is -0.843. The van der Waals surface area contributed by atoms with E-state index in [0.717, 1.165) is 29.7 Å². The number of phenols is 2. The maximum Gasteiger partial charge on any atom is 0.310 e. The van der Waals surface area contributed by atoms with Crippen LogP contribution in [0.1, 0.15) is 0 Å². The van der Waals surface area contributed by atoms with E-state index in [-0.39, 0.29) is 11.5 Å². The monoisotopic (exact) mass is 434 g/mol. The first-order valence-electron chi connectivity index (χ1n) is 9.15. The van der Waals surface area contributed by atoms with Crippen molar-refractivity contribution < 1.29 is 29.5 Å². The van der Waals surface area contributed by atoms with Crippen molar-refractivity contribution in [3.63, 3.8) is 0 Å². The van der Waals surface area contributed by atoms with Gasteiger partial charge in [-0.05, 0) is 41.8 Å². The molecule has 0 unspecified atom stereocenters. The summed E-state index contributed by atoms with van der Waals surface area (Å²) in [6.45, 7) is 0. The first-order chi connectivity index (χ1) is 15.3. The van der Waals surface area contributed by atoms with Crippen LogP contribution in [0.15, 0.2) is 72.8 Å². The Bertz CT molecular complexity index is 1370. The number of nitro groups is 2. The molecule has 0 radical (unpaired) electrons. The molecule has 0 aromatic heterocycles. The predicted octanol–water partition coefficient (Wildman–Crippen LogP) is 5.65. The molecule has 10 nitrogen and oxygen atoms in total. The minimum Gasteiger partial charge on any atom is -0.502 e. The topological polar surface area (TPSA) is 145 Å². The number of rotatable bonds is 6. The molecular formula is C22H14N2O8. The van der Waals surface area contributed by atoms with Gasteiger partial charge in [-0.1, -0.05) is 12.1 Å². The summed E-state index contributed by atoms with van der Waals surface area (Å²) >= 11 is 0. The summed E-state index contributed by atoms with van der Waals surface area (Å²) < 4.78 is 11.5. The van der Waals surface area contributed by atoms with Crippen molar-refractivity contribution in [1.82, 2.24) is 0 Å². The summed E-state index contributed by atoms with van der Waals surface area (Å²) in [5.74, 6) is 0.319. The largest absolute Gasteiger partial charge is 0.502 e. The second-order valence-electron chi connectivity index (χ2n) is 6.66. The molecule has 4 aromatic carbocycles. The third kappa shape index (κ3) is 4.05. The highest BCUT2D eigenvalue weighted by Gasteiger charge is 2.16. The Hall–Kier alpha value is -4.86. The van der Waals surface area contributed by atoms with E-state index in [9.17, 15) is 30.4 Å². The predicted molar refractivity (Wildman–Crippen MR) is 114 cm³/mol. The van der Waals surface area contributed by atoms with Crippen LogP contribution in [0.3, 0.4) is 0 Å². The summed E-state index contributed by atoms with van der Waals surface area (Å²) in [6.07, 6.45) is 0. The van der Waals surface area contributed by atoms with Crippen LogP contribution in [0.4, 0.5) is 11.4 Å². The molecule has 32 heavy (non-hydrogen) atoms. The van der Waals surface area contributed by atoms with Crippen LogP contribution >= 0.6 is 0 Å². The lowest BCUT2D eigenvalue weighted by Crippen LogP contribution is -1.91. The van der Waals surface area contributed by atoms with Gasteiger partial charge in [-0.2, -0.15) is 0 Å². The first kappa shape index (κ1) is 20.4. The Morgan fingerprint density at radius 1 is 0.656 bits per heavy atom. The van der Waals surface area contributed by atoms with E-state index >= 15 is 0 Å². The summed E-state index contributed by atoms with van der Waals surface area (Å²) in [6, 6.07) is 17.7. The fourth-order valence-corrected chi connectivity index (χ4v) is 3.09. The second kappa shape index (κ2) is 8.11. The van der Waals surface area contributed by atoms with E-state index < -0.39 is 32.7 Å². The first-order valence-corrected chi connectivity index (χ1v) is 9.15. The fraction of sp³-hybridized carbons (Fsp3) is 0. The lowest BCUT2D eigenvalue weighted by atomic mass is 10.1. The Balaban J connectivity index is 1.60. The number of nitrogens with zero attached hydrogens (tertiary/aromatic N) is 2. The number of aromatic hydroxyl groups is 2. The van der Waals surface area contributed by atoms with Crippen LogP contribution in [0.5, 0.6) is 34.5 Å². The average Bonchev–Trinajstić information content (AvgIpc) is 2.73. The lowest BCUT2D eigenvalue weighted by molar-refractivity contribution is -0.386. The maximum absolute atomic E-state index is 10.8.